The Morgan fingerprint density at radius 1 is 1.55 bits per heavy atom. The van der Waals surface area contributed by atoms with Crippen LogP contribution in [0.15, 0.2) is 34.2 Å². The molecule has 106 valence electrons. The maximum atomic E-state index is 12.3. The van der Waals surface area contributed by atoms with E-state index in [-0.39, 0.29) is 16.7 Å². The van der Waals surface area contributed by atoms with Crippen molar-refractivity contribution in [2.75, 3.05) is 0 Å². The number of rotatable bonds is 5. The molecule has 2 rings (SSSR count). The van der Waals surface area contributed by atoms with Crippen molar-refractivity contribution in [3.63, 3.8) is 0 Å². The number of benzene rings is 1. The lowest BCUT2D eigenvalue weighted by Crippen LogP contribution is -2.18. The van der Waals surface area contributed by atoms with Crippen molar-refractivity contribution < 1.29 is 4.79 Å². The molecule has 20 heavy (non-hydrogen) atoms. The second-order valence-corrected chi connectivity index (χ2v) is 5.93. The number of nitrogens with one attached hydrogen (secondary N) is 1. The fraction of sp³-hybridized carbons (Fsp3) is 0.308. The van der Waals surface area contributed by atoms with E-state index in [0.717, 1.165) is 0 Å². The first-order valence-electron chi connectivity index (χ1n) is 6.14. The maximum Gasteiger partial charge on any atom is 0.343 e. The molecule has 0 spiro atoms. The number of aromatic nitrogens is 3. The van der Waals surface area contributed by atoms with Crippen molar-refractivity contribution in [1.82, 2.24) is 14.8 Å². The summed E-state index contributed by atoms with van der Waals surface area (Å²) in [6.45, 7) is 4.15. The predicted molar refractivity (Wildman–Crippen MR) is 79.6 cm³/mol. The second-order valence-electron chi connectivity index (χ2n) is 4.19. The van der Waals surface area contributed by atoms with E-state index in [0.29, 0.717) is 22.3 Å². The van der Waals surface area contributed by atoms with Crippen LogP contribution in [0.3, 0.4) is 0 Å². The summed E-state index contributed by atoms with van der Waals surface area (Å²) in [4.78, 5) is 23.8. The van der Waals surface area contributed by atoms with Gasteiger partial charge < -0.3 is 0 Å². The highest BCUT2D eigenvalue weighted by atomic mass is 35.5. The number of hydrogen-bond acceptors (Lipinski definition) is 4. The Morgan fingerprint density at radius 3 is 2.95 bits per heavy atom. The monoisotopic (exact) mass is 311 g/mol. The van der Waals surface area contributed by atoms with Gasteiger partial charge in [-0.05, 0) is 26.0 Å². The van der Waals surface area contributed by atoms with Crippen LogP contribution in [0.5, 0.6) is 0 Å². The molecular weight excluding hydrogens is 298 g/mol. The molecule has 1 unspecified atom stereocenters. The molecular formula is C13H14ClN3O2S. The highest BCUT2D eigenvalue weighted by Crippen LogP contribution is 2.23. The fourth-order valence-corrected chi connectivity index (χ4v) is 2.95. The standard InChI is InChI=1S/C13H14ClN3O2S/c1-3-17-12(19)15-16-13(17)20-8(2)11(18)9-5-4-6-10(14)7-9/h4-8H,3H2,1-2H3,(H,15,19). The summed E-state index contributed by atoms with van der Waals surface area (Å²) in [7, 11) is 0. The molecule has 0 amide bonds. The van der Waals surface area contributed by atoms with Gasteiger partial charge in [0.1, 0.15) is 0 Å². The summed E-state index contributed by atoms with van der Waals surface area (Å²) in [5.41, 5.74) is 0.288. The summed E-state index contributed by atoms with van der Waals surface area (Å²) < 4.78 is 1.49. The van der Waals surface area contributed by atoms with Gasteiger partial charge in [0.15, 0.2) is 10.9 Å². The van der Waals surface area contributed by atoms with E-state index in [1.807, 2.05) is 6.92 Å². The molecule has 0 aliphatic carbocycles. The summed E-state index contributed by atoms with van der Waals surface area (Å²) in [5, 5.41) is 7.00. The third-order valence-electron chi connectivity index (χ3n) is 2.80. The smallest absolute Gasteiger partial charge is 0.293 e. The lowest BCUT2D eigenvalue weighted by atomic mass is 10.1. The molecule has 0 bridgehead atoms. The summed E-state index contributed by atoms with van der Waals surface area (Å²) in [5.74, 6) is -0.0457. The van der Waals surface area contributed by atoms with Gasteiger partial charge in [0.05, 0.1) is 5.25 Å². The maximum absolute atomic E-state index is 12.3. The van der Waals surface area contributed by atoms with Gasteiger partial charge in [0, 0.05) is 17.1 Å². The average molecular weight is 312 g/mol. The topological polar surface area (TPSA) is 67.8 Å². The van der Waals surface area contributed by atoms with Crippen LogP contribution < -0.4 is 5.69 Å². The highest BCUT2D eigenvalue weighted by molar-refractivity contribution is 8.00. The van der Waals surface area contributed by atoms with Crippen LogP contribution in [0.25, 0.3) is 0 Å². The number of Topliss-reactive ketones (excluding diaryl/α,β-unsaturated/α-hetero) is 1. The van der Waals surface area contributed by atoms with Crippen molar-refractivity contribution >= 4 is 29.1 Å². The van der Waals surface area contributed by atoms with Crippen LogP contribution >= 0.6 is 23.4 Å². The van der Waals surface area contributed by atoms with Crippen molar-refractivity contribution in [2.45, 2.75) is 30.8 Å². The van der Waals surface area contributed by atoms with E-state index in [9.17, 15) is 9.59 Å². The molecule has 0 aliphatic rings. The summed E-state index contributed by atoms with van der Waals surface area (Å²) in [6, 6.07) is 6.82. The molecule has 7 heteroatoms. The number of carbonyl (C=O) groups excluding carboxylic acids is 1. The molecule has 0 saturated heterocycles. The zero-order valence-electron chi connectivity index (χ0n) is 11.1. The zero-order valence-corrected chi connectivity index (χ0v) is 12.7. The van der Waals surface area contributed by atoms with Crippen molar-refractivity contribution in [3.8, 4) is 0 Å². The van der Waals surface area contributed by atoms with Crippen LogP contribution in [0.4, 0.5) is 0 Å². The third-order valence-corrected chi connectivity index (χ3v) is 4.13. The molecule has 0 fully saturated rings. The molecule has 0 saturated carbocycles. The van der Waals surface area contributed by atoms with E-state index in [1.165, 1.54) is 16.3 Å². The van der Waals surface area contributed by atoms with Crippen LogP contribution in [0.2, 0.25) is 5.02 Å². The summed E-state index contributed by atoms with van der Waals surface area (Å²) in [6.07, 6.45) is 0. The molecule has 1 atom stereocenters. The first kappa shape index (κ1) is 14.9. The Hall–Kier alpha value is -1.53. The Bertz CT molecular complexity index is 680. The van der Waals surface area contributed by atoms with Crippen LogP contribution in [0, 0.1) is 0 Å². The van der Waals surface area contributed by atoms with E-state index in [4.69, 9.17) is 11.6 Å². The Kier molecular flexibility index (Phi) is 4.67. The SMILES string of the molecule is CCn1c(SC(C)C(=O)c2cccc(Cl)c2)n[nH]c1=O. The predicted octanol–water partition coefficient (Wildman–Crippen LogP) is 2.61. The van der Waals surface area contributed by atoms with Gasteiger partial charge in [-0.1, -0.05) is 35.5 Å². The lowest BCUT2D eigenvalue weighted by Gasteiger charge is -2.10. The highest BCUT2D eigenvalue weighted by Gasteiger charge is 2.20. The molecule has 1 N–H and O–H groups in total. The lowest BCUT2D eigenvalue weighted by molar-refractivity contribution is 0.0994. The van der Waals surface area contributed by atoms with E-state index in [1.54, 1.807) is 31.2 Å². The molecule has 0 aliphatic heterocycles. The second kappa shape index (κ2) is 6.28. The number of nitrogens with zero attached hydrogens (tertiary/aromatic N) is 2. The fourth-order valence-electron chi connectivity index (χ4n) is 1.76. The average Bonchev–Trinajstić information content (AvgIpc) is 2.78. The molecule has 2 aromatic rings. The molecule has 1 heterocycles. The van der Waals surface area contributed by atoms with Crippen molar-refractivity contribution in [2.24, 2.45) is 0 Å². The van der Waals surface area contributed by atoms with Gasteiger partial charge in [0.25, 0.3) is 0 Å². The van der Waals surface area contributed by atoms with E-state index in [2.05, 4.69) is 10.2 Å². The largest absolute Gasteiger partial charge is 0.343 e. The number of aromatic amines is 1. The number of thioether (sulfide) groups is 1. The normalized spacial score (nSPS) is 12.3. The van der Waals surface area contributed by atoms with E-state index < -0.39 is 0 Å². The van der Waals surface area contributed by atoms with Gasteiger partial charge >= 0.3 is 5.69 Å². The van der Waals surface area contributed by atoms with E-state index >= 15 is 0 Å². The quantitative estimate of drug-likeness (QED) is 0.681. The number of H-pyrrole nitrogens is 1. The van der Waals surface area contributed by atoms with Crippen LogP contribution in [0.1, 0.15) is 24.2 Å². The zero-order chi connectivity index (χ0) is 14.7. The Morgan fingerprint density at radius 2 is 2.30 bits per heavy atom. The van der Waals surface area contributed by atoms with Crippen molar-refractivity contribution in [1.29, 1.82) is 0 Å². The minimum atomic E-state index is -0.353. The molecule has 1 aromatic heterocycles. The molecule has 0 radical (unpaired) electrons. The van der Waals surface area contributed by atoms with Gasteiger partial charge in [0.2, 0.25) is 0 Å². The van der Waals surface area contributed by atoms with Gasteiger partial charge in [-0.15, -0.1) is 5.10 Å². The molecule has 1 aromatic carbocycles. The minimum Gasteiger partial charge on any atom is -0.293 e. The van der Waals surface area contributed by atoms with Crippen LogP contribution in [-0.4, -0.2) is 25.8 Å². The third kappa shape index (κ3) is 3.13. The number of carbonyl (C=O) groups is 1. The van der Waals surface area contributed by atoms with Crippen LogP contribution in [-0.2, 0) is 6.54 Å². The Labute approximate surface area is 125 Å². The number of halogens is 1. The van der Waals surface area contributed by atoms with Gasteiger partial charge in [-0.2, -0.15) is 0 Å². The van der Waals surface area contributed by atoms with Crippen molar-refractivity contribution in [3.05, 3.63) is 45.3 Å². The number of ketones is 1. The Balaban J connectivity index is 2.17. The molecule has 5 nitrogen and oxygen atoms in total. The van der Waals surface area contributed by atoms with Gasteiger partial charge in [-0.25, -0.2) is 9.89 Å². The number of hydrogen-bond donors (Lipinski definition) is 1. The summed E-state index contributed by atoms with van der Waals surface area (Å²) >= 11 is 7.14. The minimum absolute atomic E-state index is 0.0457. The van der Waals surface area contributed by atoms with Gasteiger partial charge in [-0.3, -0.25) is 9.36 Å². The first-order valence-corrected chi connectivity index (χ1v) is 7.40. The first-order chi connectivity index (χ1) is 9.52.